The highest BCUT2D eigenvalue weighted by atomic mass is 79.9. The van der Waals surface area contributed by atoms with E-state index in [1.807, 2.05) is 0 Å². The van der Waals surface area contributed by atoms with Crippen LogP contribution < -0.4 is 4.74 Å². The summed E-state index contributed by atoms with van der Waals surface area (Å²) in [6, 6.07) is 4.94. The molecule has 0 unspecified atom stereocenters. The van der Waals surface area contributed by atoms with Crippen LogP contribution in [0, 0.1) is 0 Å². The molecule has 2 rings (SSSR count). The zero-order valence-electron chi connectivity index (χ0n) is 15.0. The lowest BCUT2D eigenvalue weighted by Crippen LogP contribution is -2.27. The van der Waals surface area contributed by atoms with E-state index in [9.17, 15) is 9.59 Å². The molecule has 0 aliphatic rings. The molecular weight excluding hydrogens is 392 g/mol. The third kappa shape index (κ3) is 5.19. The van der Waals surface area contributed by atoms with E-state index in [0.29, 0.717) is 15.6 Å². The van der Waals surface area contributed by atoms with Crippen molar-refractivity contribution < 1.29 is 23.8 Å². The maximum Gasteiger partial charge on any atom is 0.515 e. The molecule has 0 N–H and O–H groups in total. The lowest BCUT2D eigenvalue weighted by atomic mass is 10.2. The minimum atomic E-state index is -0.867. The molecule has 0 aliphatic carbocycles. The van der Waals surface area contributed by atoms with Crippen molar-refractivity contribution in [3.8, 4) is 5.88 Å². The second kappa shape index (κ2) is 6.67. The molecule has 0 bridgehead atoms. The molecule has 0 amide bonds. The topological polar surface area (TPSA) is 79.7 Å². The van der Waals surface area contributed by atoms with Crippen LogP contribution in [0.2, 0.25) is 0 Å². The minimum absolute atomic E-state index is 0.0251. The first kappa shape index (κ1) is 19.2. The number of carbonyl (C=O) groups excluding carboxylic acids is 2. The number of aromatic nitrogens is 2. The average molecular weight is 413 g/mol. The molecule has 136 valence electrons. The summed E-state index contributed by atoms with van der Waals surface area (Å²) < 4.78 is 17.3. The highest BCUT2D eigenvalue weighted by Crippen LogP contribution is 2.26. The van der Waals surface area contributed by atoms with Gasteiger partial charge in [0.05, 0.1) is 4.60 Å². The number of pyridine rings is 1. The van der Waals surface area contributed by atoms with E-state index in [0.717, 1.165) is 0 Å². The van der Waals surface area contributed by atoms with Crippen molar-refractivity contribution >= 4 is 39.2 Å². The first-order chi connectivity index (χ1) is 11.4. The van der Waals surface area contributed by atoms with Crippen LogP contribution in [0.3, 0.4) is 0 Å². The van der Waals surface area contributed by atoms with Gasteiger partial charge in [0.1, 0.15) is 11.2 Å². The Morgan fingerprint density at radius 3 is 2.20 bits per heavy atom. The fraction of sp³-hybridized carbons (Fsp3) is 0.471. The molecule has 2 aromatic heterocycles. The van der Waals surface area contributed by atoms with E-state index in [4.69, 9.17) is 14.2 Å². The molecular formula is C17H21BrN2O5. The van der Waals surface area contributed by atoms with E-state index >= 15 is 0 Å². The average Bonchev–Trinajstić information content (AvgIpc) is 2.69. The normalized spacial score (nSPS) is 12.1. The molecule has 0 saturated heterocycles. The van der Waals surface area contributed by atoms with Crippen molar-refractivity contribution in [2.45, 2.75) is 52.7 Å². The molecule has 2 aromatic rings. The Balaban J connectivity index is 2.34. The summed E-state index contributed by atoms with van der Waals surface area (Å²) >= 11 is 3.32. The second-order valence-corrected chi connectivity index (χ2v) is 8.22. The maximum absolute atomic E-state index is 12.4. The van der Waals surface area contributed by atoms with Gasteiger partial charge in [-0.2, -0.15) is 4.98 Å². The number of fused-ring (bicyclic) bond motifs is 1. The van der Waals surface area contributed by atoms with Crippen LogP contribution in [0.25, 0.3) is 11.0 Å². The highest BCUT2D eigenvalue weighted by molar-refractivity contribution is 9.10. The van der Waals surface area contributed by atoms with Gasteiger partial charge in [0.2, 0.25) is 5.88 Å². The van der Waals surface area contributed by atoms with Gasteiger partial charge in [-0.25, -0.2) is 14.2 Å². The molecule has 8 heteroatoms. The van der Waals surface area contributed by atoms with Crippen molar-refractivity contribution in [3.63, 3.8) is 0 Å². The first-order valence-corrected chi connectivity index (χ1v) is 8.47. The van der Waals surface area contributed by atoms with Crippen LogP contribution in [0.1, 0.15) is 41.5 Å². The second-order valence-electron chi connectivity index (χ2n) is 7.41. The number of hydrogen-bond donors (Lipinski definition) is 0. The summed E-state index contributed by atoms with van der Waals surface area (Å²) in [7, 11) is 0. The molecule has 0 aromatic carbocycles. The van der Waals surface area contributed by atoms with Gasteiger partial charge in [-0.15, -0.1) is 0 Å². The van der Waals surface area contributed by atoms with E-state index in [1.54, 1.807) is 53.7 Å². The lowest BCUT2D eigenvalue weighted by molar-refractivity contribution is 0.0198. The fourth-order valence-corrected chi connectivity index (χ4v) is 2.48. The Bertz CT molecular complexity index is 815. The number of hydrogen-bond acceptors (Lipinski definition) is 6. The highest BCUT2D eigenvalue weighted by Gasteiger charge is 2.23. The van der Waals surface area contributed by atoms with Crippen molar-refractivity contribution in [3.05, 3.63) is 22.8 Å². The third-order valence-corrected chi connectivity index (χ3v) is 3.32. The van der Waals surface area contributed by atoms with E-state index in [1.165, 1.54) is 10.6 Å². The van der Waals surface area contributed by atoms with Crippen LogP contribution in [0.4, 0.5) is 9.59 Å². The SMILES string of the molecule is CC(C)(C)OC(=O)Oc1ccc2cc(Br)n(C(=O)OC(C)(C)C)c2n1. The maximum atomic E-state index is 12.4. The van der Waals surface area contributed by atoms with Crippen molar-refractivity contribution in [1.29, 1.82) is 0 Å². The van der Waals surface area contributed by atoms with Gasteiger partial charge in [0.15, 0.2) is 5.65 Å². The van der Waals surface area contributed by atoms with Gasteiger partial charge in [-0.3, -0.25) is 0 Å². The standard InChI is InChI=1S/C17H21BrN2O5/c1-16(2,3)24-14(21)20-11(18)9-10-7-8-12(19-13(10)20)23-15(22)25-17(4,5)6/h7-9H,1-6H3. The van der Waals surface area contributed by atoms with Crippen LogP contribution in [-0.4, -0.2) is 33.0 Å². The summed E-state index contributed by atoms with van der Waals surface area (Å²) in [5, 5.41) is 0.689. The Morgan fingerprint density at radius 2 is 1.64 bits per heavy atom. The number of rotatable bonds is 1. The monoisotopic (exact) mass is 412 g/mol. The largest absolute Gasteiger partial charge is 0.515 e. The summed E-state index contributed by atoms with van der Waals surface area (Å²) in [5.74, 6) is 0.0251. The van der Waals surface area contributed by atoms with Gasteiger partial charge in [-0.05, 0) is 69.6 Å². The van der Waals surface area contributed by atoms with E-state index in [2.05, 4.69) is 20.9 Å². The summed E-state index contributed by atoms with van der Waals surface area (Å²) in [5.41, 5.74) is -1.03. The van der Waals surface area contributed by atoms with Crippen molar-refractivity contribution in [2.75, 3.05) is 0 Å². The van der Waals surface area contributed by atoms with E-state index in [-0.39, 0.29) is 5.88 Å². The number of carbonyl (C=O) groups is 2. The molecule has 25 heavy (non-hydrogen) atoms. The van der Waals surface area contributed by atoms with Gasteiger partial charge in [-0.1, -0.05) is 0 Å². The van der Waals surface area contributed by atoms with E-state index < -0.39 is 23.5 Å². The number of ether oxygens (including phenoxy) is 3. The zero-order chi connectivity index (χ0) is 19.0. The van der Waals surface area contributed by atoms with Crippen LogP contribution in [-0.2, 0) is 9.47 Å². The summed E-state index contributed by atoms with van der Waals surface area (Å²) in [4.78, 5) is 28.4. The number of nitrogens with zero attached hydrogens (tertiary/aromatic N) is 2. The quantitative estimate of drug-likeness (QED) is 0.619. The molecule has 0 spiro atoms. The Morgan fingerprint density at radius 1 is 1.04 bits per heavy atom. The third-order valence-electron chi connectivity index (χ3n) is 2.73. The van der Waals surface area contributed by atoms with Gasteiger partial charge >= 0.3 is 12.2 Å². The van der Waals surface area contributed by atoms with Gasteiger partial charge < -0.3 is 14.2 Å². The molecule has 7 nitrogen and oxygen atoms in total. The lowest BCUT2D eigenvalue weighted by Gasteiger charge is -2.20. The minimum Gasteiger partial charge on any atom is -0.443 e. The first-order valence-electron chi connectivity index (χ1n) is 7.68. The smallest absolute Gasteiger partial charge is 0.443 e. The predicted octanol–water partition coefficient (Wildman–Crippen LogP) is 4.90. The molecule has 0 atom stereocenters. The number of halogens is 1. The van der Waals surface area contributed by atoms with Crippen LogP contribution in [0.5, 0.6) is 5.88 Å². The van der Waals surface area contributed by atoms with Crippen LogP contribution >= 0.6 is 15.9 Å². The predicted molar refractivity (Wildman–Crippen MR) is 95.9 cm³/mol. The van der Waals surface area contributed by atoms with Gasteiger partial charge in [0.25, 0.3) is 0 Å². The molecule has 2 heterocycles. The van der Waals surface area contributed by atoms with Crippen molar-refractivity contribution in [2.24, 2.45) is 0 Å². The molecule has 0 fully saturated rings. The van der Waals surface area contributed by atoms with Crippen molar-refractivity contribution in [1.82, 2.24) is 9.55 Å². The zero-order valence-corrected chi connectivity index (χ0v) is 16.6. The summed E-state index contributed by atoms with van der Waals surface area (Å²) in [6.07, 6.45) is -1.45. The van der Waals surface area contributed by atoms with Gasteiger partial charge in [0, 0.05) is 11.5 Å². The van der Waals surface area contributed by atoms with Crippen LogP contribution in [0.15, 0.2) is 22.8 Å². The Labute approximate surface area is 154 Å². The Hall–Kier alpha value is -2.09. The fourth-order valence-electron chi connectivity index (χ4n) is 1.92. The molecule has 0 aliphatic heterocycles. The molecule has 0 radical (unpaired) electrons. The Kier molecular flexibility index (Phi) is 5.13. The molecule has 0 saturated carbocycles. The summed E-state index contributed by atoms with van der Waals surface area (Å²) in [6.45, 7) is 10.5.